The van der Waals surface area contributed by atoms with E-state index >= 15 is 0 Å². The van der Waals surface area contributed by atoms with Crippen molar-refractivity contribution in [1.82, 2.24) is 30.3 Å². The summed E-state index contributed by atoms with van der Waals surface area (Å²) in [6, 6.07) is 22.8. The Morgan fingerprint density at radius 1 is 0.952 bits per heavy atom. The van der Waals surface area contributed by atoms with E-state index in [2.05, 4.69) is 49.9 Å². The van der Waals surface area contributed by atoms with Crippen molar-refractivity contribution >= 4 is 29.1 Å². The molecule has 216 valence electrons. The lowest BCUT2D eigenvalue weighted by Gasteiger charge is -2.38. The van der Waals surface area contributed by atoms with Crippen molar-refractivity contribution in [3.63, 3.8) is 0 Å². The number of piperazine rings is 1. The number of carbonyl (C=O) groups is 2. The first kappa shape index (κ1) is 27.9. The number of anilines is 1. The SMILES string of the molecule is O=C(N[C@H](Cc1ccc(Cl)cc1)C(=O)N1CCN(c2ccccc2Cn2cncn2)CC1)[C@@H]1Cc2ccccc2CN1. The zero-order valence-corrected chi connectivity index (χ0v) is 24.1. The van der Waals surface area contributed by atoms with Crippen molar-refractivity contribution in [3.8, 4) is 0 Å². The van der Waals surface area contributed by atoms with E-state index in [-0.39, 0.29) is 11.8 Å². The molecular formula is C32H34ClN7O2. The molecule has 2 aliphatic heterocycles. The van der Waals surface area contributed by atoms with Crippen LogP contribution in [0, 0.1) is 0 Å². The van der Waals surface area contributed by atoms with Crippen molar-refractivity contribution in [3.05, 3.63) is 113 Å². The summed E-state index contributed by atoms with van der Waals surface area (Å²) in [5, 5.41) is 11.3. The number of carbonyl (C=O) groups excluding carboxylic acids is 2. The molecule has 0 spiro atoms. The molecule has 4 aromatic rings. The van der Waals surface area contributed by atoms with Crippen LogP contribution in [0.2, 0.25) is 5.02 Å². The smallest absolute Gasteiger partial charge is 0.245 e. The molecule has 1 saturated heterocycles. The molecule has 6 rings (SSSR count). The van der Waals surface area contributed by atoms with E-state index in [1.54, 1.807) is 6.33 Å². The van der Waals surface area contributed by atoms with Gasteiger partial charge in [0.2, 0.25) is 11.8 Å². The van der Waals surface area contributed by atoms with E-state index in [9.17, 15) is 9.59 Å². The van der Waals surface area contributed by atoms with Gasteiger partial charge < -0.3 is 20.4 Å². The van der Waals surface area contributed by atoms with Gasteiger partial charge in [-0.15, -0.1) is 0 Å². The van der Waals surface area contributed by atoms with Gasteiger partial charge in [0.25, 0.3) is 0 Å². The Hall–Kier alpha value is -4.21. The van der Waals surface area contributed by atoms with Gasteiger partial charge in [-0.05, 0) is 46.9 Å². The number of halogens is 1. The number of nitrogens with zero attached hydrogens (tertiary/aromatic N) is 5. The Morgan fingerprint density at radius 2 is 1.69 bits per heavy atom. The van der Waals surface area contributed by atoms with Crippen molar-refractivity contribution < 1.29 is 9.59 Å². The Morgan fingerprint density at radius 3 is 2.45 bits per heavy atom. The number of aromatic nitrogens is 3. The third-order valence-corrected chi connectivity index (χ3v) is 8.34. The Balaban J connectivity index is 1.14. The van der Waals surface area contributed by atoms with Gasteiger partial charge in [0.1, 0.15) is 18.7 Å². The fraction of sp³-hybridized carbons (Fsp3) is 0.312. The van der Waals surface area contributed by atoms with Gasteiger partial charge in [0.05, 0.1) is 12.6 Å². The first-order valence-electron chi connectivity index (χ1n) is 14.3. The molecular weight excluding hydrogens is 550 g/mol. The molecule has 1 aromatic heterocycles. The van der Waals surface area contributed by atoms with Gasteiger partial charge in [-0.25, -0.2) is 9.67 Å². The summed E-state index contributed by atoms with van der Waals surface area (Å²) in [5.74, 6) is -0.220. The number of benzene rings is 3. The lowest BCUT2D eigenvalue weighted by Crippen LogP contribution is -2.58. The fourth-order valence-electron chi connectivity index (χ4n) is 5.80. The highest BCUT2D eigenvalue weighted by molar-refractivity contribution is 6.30. The summed E-state index contributed by atoms with van der Waals surface area (Å²) in [6.07, 6.45) is 4.24. The largest absolute Gasteiger partial charge is 0.368 e. The van der Waals surface area contributed by atoms with E-state index < -0.39 is 12.1 Å². The van der Waals surface area contributed by atoms with E-state index in [4.69, 9.17) is 11.6 Å². The topological polar surface area (TPSA) is 95.4 Å². The minimum absolute atomic E-state index is 0.0648. The average Bonchev–Trinajstić information content (AvgIpc) is 3.55. The van der Waals surface area contributed by atoms with Crippen LogP contribution in [-0.2, 0) is 35.5 Å². The predicted octanol–water partition coefficient (Wildman–Crippen LogP) is 3.07. The molecule has 3 heterocycles. The highest BCUT2D eigenvalue weighted by Gasteiger charge is 2.32. The first-order valence-corrected chi connectivity index (χ1v) is 14.7. The first-order chi connectivity index (χ1) is 20.5. The maximum absolute atomic E-state index is 13.9. The van der Waals surface area contributed by atoms with Crippen LogP contribution >= 0.6 is 11.6 Å². The van der Waals surface area contributed by atoms with Crippen LogP contribution in [0.3, 0.4) is 0 Å². The van der Waals surface area contributed by atoms with Crippen LogP contribution in [0.5, 0.6) is 0 Å². The molecule has 0 saturated carbocycles. The molecule has 0 aliphatic carbocycles. The summed E-state index contributed by atoms with van der Waals surface area (Å²) in [6.45, 7) is 3.79. The van der Waals surface area contributed by atoms with Gasteiger partial charge in [-0.2, -0.15) is 5.10 Å². The highest BCUT2D eigenvalue weighted by atomic mass is 35.5. The molecule has 0 radical (unpaired) electrons. The lowest BCUT2D eigenvalue weighted by atomic mass is 9.95. The maximum atomic E-state index is 13.9. The second-order valence-electron chi connectivity index (χ2n) is 10.8. The Kier molecular flexibility index (Phi) is 8.48. The van der Waals surface area contributed by atoms with Crippen molar-refractivity contribution in [2.45, 2.75) is 38.0 Å². The minimum atomic E-state index is -0.677. The second kappa shape index (κ2) is 12.8. The zero-order chi connectivity index (χ0) is 28.9. The molecule has 0 unspecified atom stereocenters. The fourth-order valence-corrected chi connectivity index (χ4v) is 5.92. The van der Waals surface area contributed by atoms with Gasteiger partial charge in [0, 0.05) is 49.9 Å². The molecule has 0 bridgehead atoms. The van der Waals surface area contributed by atoms with Crippen LogP contribution in [0.15, 0.2) is 85.5 Å². The number of nitrogens with one attached hydrogen (secondary N) is 2. The molecule has 9 nitrogen and oxygen atoms in total. The number of hydrogen-bond acceptors (Lipinski definition) is 6. The number of para-hydroxylation sites is 1. The van der Waals surface area contributed by atoms with E-state index in [0.29, 0.717) is 57.1 Å². The van der Waals surface area contributed by atoms with E-state index in [1.807, 2.05) is 58.1 Å². The number of hydrogen-bond donors (Lipinski definition) is 2. The van der Waals surface area contributed by atoms with Gasteiger partial charge in [-0.3, -0.25) is 9.59 Å². The standard InChI is InChI=1S/C32H34ClN7O2/c33-27-11-9-23(10-12-27)17-29(37-31(41)28-18-24-5-1-2-6-25(24)19-35-28)32(42)39-15-13-38(14-16-39)30-8-4-3-7-26(30)20-40-22-34-21-36-40/h1-12,21-22,28-29,35H,13-20H2,(H,37,41)/t28-,29+/m0/s1. The summed E-state index contributed by atoms with van der Waals surface area (Å²) in [4.78, 5) is 35.6. The maximum Gasteiger partial charge on any atom is 0.245 e. The lowest BCUT2D eigenvalue weighted by molar-refractivity contribution is -0.137. The van der Waals surface area contributed by atoms with Crippen LogP contribution in [0.1, 0.15) is 22.3 Å². The molecule has 2 amide bonds. The normalized spacial score (nSPS) is 17.4. The van der Waals surface area contributed by atoms with E-state index in [1.165, 1.54) is 11.9 Å². The third-order valence-electron chi connectivity index (χ3n) is 8.09. The van der Waals surface area contributed by atoms with Gasteiger partial charge in [0.15, 0.2) is 0 Å². The minimum Gasteiger partial charge on any atom is -0.368 e. The monoisotopic (exact) mass is 583 g/mol. The summed E-state index contributed by atoms with van der Waals surface area (Å²) in [5.41, 5.74) is 5.60. The number of rotatable bonds is 8. The average molecular weight is 584 g/mol. The van der Waals surface area contributed by atoms with Crippen LogP contribution in [0.4, 0.5) is 5.69 Å². The van der Waals surface area contributed by atoms with Gasteiger partial charge in [-0.1, -0.05) is 66.2 Å². The van der Waals surface area contributed by atoms with E-state index in [0.717, 1.165) is 22.4 Å². The van der Waals surface area contributed by atoms with Gasteiger partial charge >= 0.3 is 0 Å². The Labute approximate surface area is 250 Å². The summed E-state index contributed by atoms with van der Waals surface area (Å²) in [7, 11) is 0. The second-order valence-corrected chi connectivity index (χ2v) is 11.3. The predicted molar refractivity (Wildman–Crippen MR) is 162 cm³/mol. The quantitative estimate of drug-likeness (QED) is 0.331. The summed E-state index contributed by atoms with van der Waals surface area (Å²) < 4.78 is 1.81. The molecule has 3 aromatic carbocycles. The van der Waals surface area contributed by atoms with Crippen molar-refractivity contribution in [2.24, 2.45) is 0 Å². The molecule has 2 atom stereocenters. The van der Waals surface area contributed by atoms with Crippen molar-refractivity contribution in [2.75, 3.05) is 31.1 Å². The molecule has 2 N–H and O–H groups in total. The number of fused-ring (bicyclic) bond motifs is 1. The molecule has 2 aliphatic rings. The molecule has 1 fully saturated rings. The summed E-state index contributed by atoms with van der Waals surface area (Å²) >= 11 is 6.11. The Bertz CT molecular complexity index is 1520. The molecule has 10 heteroatoms. The van der Waals surface area contributed by atoms with Crippen LogP contribution < -0.4 is 15.5 Å². The zero-order valence-electron chi connectivity index (χ0n) is 23.3. The third kappa shape index (κ3) is 6.48. The van der Waals surface area contributed by atoms with Crippen LogP contribution in [0.25, 0.3) is 0 Å². The van der Waals surface area contributed by atoms with Crippen LogP contribution in [-0.4, -0.2) is 69.7 Å². The molecule has 42 heavy (non-hydrogen) atoms. The van der Waals surface area contributed by atoms with Crippen molar-refractivity contribution in [1.29, 1.82) is 0 Å². The highest BCUT2D eigenvalue weighted by Crippen LogP contribution is 2.23. The number of amides is 2.